The lowest BCUT2D eigenvalue weighted by Gasteiger charge is -2.22. The number of carbonyl (C=O) groups excluding carboxylic acids is 1. The van der Waals surface area contributed by atoms with Crippen molar-refractivity contribution in [2.75, 3.05) is 0 Å². The maximum Gasteiger partial charge on any atom is 0.303 e. The molecule has 0 amide bonds. The fourth-order valence-corrected chi connectivity index (χ4v) is 2.21. The Hall–Kier alpha value is -1.57. The number of fused-ring (bicyclic) bond motifs is 1. The molecule has 0 aromatic heterocycles. The molecule has 0 saturated carbocycles. The predicted octanol–water partition coefficient (Wildman–Crippen LogP) is 2.97. The Morgan fingerprint density at radius 2 is 2.12 bits per heavy atom. The smallest absolute Gasteiger partial charge is 0.303 e. The lowest BCUT2D eigenvalue weighted by Crippen LogP contribution is -2.16. The fraction of sp³-hybridized carbons (Fsp3) is 0.357. The summed E-state index contributed by atoms with van der Waals surface area (Å²) >= 11 is 0. The summed E-state index contributed by atoms with van der Waals surface area (Å²) in [6.07, 6.45) is 4.12. The second-order valence-electron chi connectivity index (χ2n) is 4.11. The van der Waals surface area contributed by atoms with E-state index >= 15 is 0 Å². The molecule has 2 nitrogen and oxygen atoms in total. The van der Waals surface area contributed by atoms with Gasteiger partial charge in [-0.3, -0.25) is 4.79 Å². The monoisotopic (exact) mass is 216 g/mol. The van der Waals surface area contributed by atoms with Crippen molar-refractivity contribution >= 4 is 11.5 Å². The first kappa shape index (κ1) is 10.9. The Kier molecular flexibility index (Phi) is 3.09. The van der Waals surface area contributed by atoms with Crippen molar-refractivity contribution in [1.82, 2.24) is 0 Å². The molecule has 0 spiro atoms. The zero-order chi connectivity index (χ0) is 11.5. The fourth-order valence-electron chi connectivity index (χ4n) is 2.21. The van der Waals surface area contributed by atoms with Gasteiger partial charge in [-0.25, -0.2) is 0 Å². The minimum absolute atomic E-state index is 0.154. The lowest BCUT2D eigenvalue weighted by molar-refractivity contribution is -0.143. The SMILES string of the molecule is CC(=O)OC(C)C1=CCCc2ccccc21. The molecule has 1 atom stereocenters. The van der Waals surface area contributed by atoms with Crippen molar-refractivity contribution in [3.8, 4) is 0 Å². The molecule has 2 heteroatoms. The summed E-state index contributed by atoms with van der Waals surface area (Å²) in [5.74, 6) is -0.226. The molecule has 84 valence electrons. The van der Waals surface area contributed by atoms with Crippen molar-refractivity contribution in [3.63, 3.8) is 0 Å². The first-order valence-corrected chi connectivity index (χ1v) is 5.64. The third-order valence-corrected chi connectivity index (χ3v) is 2.89. The zero-order valence-electron chi connectivity index (χ0n) is 9.69. The molecule has 2 rings (SSSR count). The zero-order valence-corrected chi connectivity index (χ0v) is 9.69. The summed E-state index contributed by atoms with van der Waals surface area (Å²) in [4.78, 5) is 11.0. The maximum absolute atomic E-state index is 11.0. The van der Waals surface area contributed by atoms with Crippen LogP contribution in [0.15, 0.2) is 30.3 Å². The van der Waals surface area contributed by atoms with Gasteiger partial charge in [0.2, 0.25) is 0 Å². The minimum atomic E-state index is -0.226. The largest absolute Gasteiger partial charge is 0.458 e. The highest BCUT2D eigenvalue weighted by Gasteiger charge is 2.18. The lowest BCUT2D eigenvalue weighted by atomic mass is 9.88. The molecule has 1 aromatic rings. The number of rotatable bonds is 2. The predicted molar refractivity (Wildman–Crippen MR) is 64.0 cm³/mol. The van der Waals surface area contributed by atoms with E-state index in [1.54, 1.807) is 0 Å². The van der Waals surface area contributed by atoms with Crippen LogP contribution in [-0.4, -0.2) is 12.1 Å². The number of ether oxygens (including phenoxy) is 1. The molecule has 0 N–H and O–H groups in total. The van der Waals surface area contributed by atoms with Crippen LogP contribution in [-0.2, 0) is 16.0 Å². The van der Waals surface area contributed by atoms with Crippen molar-refractivity contribution < 1.29 is 9.53 Å². The van der Waals surface area contributed by atoms with E-state index in [1.807, 2.05) is 13.0 Å². The van der Waals surface area contributed by atoms with Gasteiger partial charge >= 0.3 is 5.97 Å². The molecule has 0 fully saturated rings. The second-order valence-corrected chi connectivity index (χ2v) is 4.11. The Morgan fingerprint density at radius 3 is 2.88 bits per heavy atom. The first-order chi connectivity index (χ1) is 7.68. The Bertz CT molecular complexity index is 432. The van der Waals surface area contributed by atoms with Crippen LogP contribution >= 0.6 is 0 Å². The third-order valence-electron chi connectivity index (χ3n) is 2.89. The Balaban J connectivity index is 2.28. The standard InChI is InChI=1S/C14H16O2/c1-10(16-11(2)15)13-9-5-7-12-6-3-4-8-14(12)13/h3-4,6,8-10H,5,7H2,1-2H3. The van der Waals surface area contributed by atoms with Crippen molar-refractivity contribution in [1.29, 1.82) is 0 Å². The molecule has 0 radical (unpaired) electrons. The second kappa shape index (κ2) is 4.52. The van der Waals surface area contributed by atoms with Gasteiger partial charge in [0.1, 0.15) is 6.10 Å². The van der Waals surface area contributed by atoms with Crippen LogP contribution in [0.3, 0.4) is 0 Å². The highest BCUT2D eigenvalue weighted by Crippen LogP contribution is 2.29. The normalized spacial score (nSPS) is 16.0. The van der Waals surface area contributed by atoms with E-state index in [-0.39, 0.29) is 12.1 Å². The first-order valence-electron chi connectivity index (χ1n) is 5.64. The van der Waals surface area contributed by atoms with Crippen molar-refractivity contribution in [2.45, 2.75) is 32.8 Å². The van der Waals surface area contributed by atoms with E-state index in [2.05, 4.69) is 24.3 Å². The quantitative estimate of drug-likeness (QED) is 0.710. The van der Waals surface area contributed by atoms with Crippen LogP contribution in [0.5, 0.6) is 0 Å². The van der Waals surface area contributed by atoms with E-state index < -0.39 is 0 Å². The molecular weight excluding hydrogens is 200 g/mol. The van der Waals surface area contributed by atoms with Crippen LogP contribution in [0.1, 0.15) is 31.4 Å². The molecule has 0 bridgehead atoms. The van der Waals surface area contributed by atoms with Gasteiger partial charge < -0.3 is 4.74 Å². The Labute approximate surface area is 95.9 Å². The van der Waals surface area contributed by atoms with E-state index in [4.69, 9.17) is 4.74 Å². The summed E-state index contributed by atoms with van der Waals surface area (Å²) in [5.41, 5.74) is 3.71. The van der Waals surface area contributed by atoms with Crippen LogP contribution in [0.4, 0.5) is 0 Å². The van der Waals surface area contributed by atoms with Gasteiger partial charge in [-0.15, -0.1) is 0 Å². The Morgan fingerprint density at radius 1 is 1.38 bits per heavy atom. The topological polar surface area (TPSA) is 26.3 Å². The third kappa shape index (κ3) is 2.16. The van der Waals surface area contributed by atoms with Crippen molar-refractivity contribution in [3.05, 3.63) is 41.5 Å². The number of carbonyl (C=O) groups is 1. The van der Waals surface area contributed by atoms with Crippen LogP contribution in [0.2, 0.25) is 0 Å². The minimum Gasteiger partial charge on any atom is -0.458 e. The number of esters is 1. The molecule has 0 aliphatic heterocycles. The van der Waals surface area contributed by atoms with Gasteiger partial charge in [-0.05, 0) is 36.5 Å². The molecule has 1 unspecified atom stereocenters. The molecule has 16 heavy (non-hydrogen) atoms. The summed E-state index contributed by atoms with van der Waals surface area (Å²) in [6.45, 7) is 3.38. The molecular formula is C14H16O2. The van der Waals surface area contributed by atoms with Gasteiger partial charge in [0.25, 0.3) is 0 Å². The van der Waals surface area contributed by atoms with E-state index in [0.717, 1.165) is 18.4 Å². The van der Waals surface area contributed by atoms with Gasteiger partial charge in [-0.2, -0.15) is 0 Å². The van der Waals surface area contributed by atoms with Crippen LogP contribution < -0.4 is 0 Å². The van der Waals surface area contributed by atoms with Crippen LogP contribution in [0.25, 0.3) is 5.57 Å². The molecule has 0 saturated heterocycles. The number of allylic oxidation sites excluding steroid dienone is 1. The molecule has 0 heterocycles. The average molecular weight is 216 g/mol. The maximum atomic E-state index is 11.0. The molecule has 1 aliphatic rings. The highest BCUT2D eigenvalue weighted by atomic mass is 16.5. The summed E-state index contributed by atoms with van der Waals surface area (Å²) in [5, 5.41) is 0. The average Bonchev–Trinajstić information content (AvgIpc) is 2.27. The summed E-state index contributed by atoms with van der Waals surface area (Å²) < 4.78 is 5.24. The van der Waals surface area contributed by atoms with Gasteiger partial charge in [0.05, 0.1) is 0 Å². The number of hydrogen-bond donors (Lipinski definition) is 0. The summed E-state index contributed by atoms with van der Waals surface area (Å²) in [6, 6.07) is 8.32. The van der Waals surface area contributed by atoms with Crippen molar-refractivity contribution in [2.24, 2.45) is 0 Å². The van der Waals surface area contributed by atoms with Gasteiger partial charge in [0, 0.05) is 6.92 Å². The van der Waals surface area contributed by atoms with Gasteiger partial charge in [-0.1, -0.05) is 30.3 Å². The number of benzene rings is 1. The van der Waals surface area contributed by atoms with Gasteiger partial charge in [0.15, 0.2) is 0 Å². The van der Waals surface area contributed by atoms with E-state index in [1.165, 1.54) is 18.1 Å². The number of aryl methyl sites for hydroxylation is 1. The summed E-state index contributed by atoms with van der Waals surface area (Å²) in [7, 11) is 0. The molecule has 1 aromatic carbocycles. The highest BCUT2D eigenvalue weighted by molar-refractivity contribution is 5.75. The van der Waals surface area contributed by atoms with E-state index in [0.29, 0.717) is 0 Å². The van der Waals surface area contributed by atoms with E-state index in [9.17, 15) is 4.79 Å². The number of hydrogen-bond acceptors (Lipinski definition) is 2. The van der Waals surface area contributed by atoms with Crippen LogP contribution in [0, 0.1) is 0 Å². The molecule has 1 aliphatic carbocycles.